The third kappa shape index (κ3) is 2.80. The zero-order valence-corrected chi connectivity index (χ0v) is 13.4. The first-order valence-corrected chi connectivity index (χ1v) is 7.71. The van der Waals surface area contributed by atoms with Crippen LogP contribution in [0.2, 0.25) is 0 Å². The van der Waals surface area contributed by atoms with Gasteiger partial charge < -0.3 is 23.6 Å². The summed E-state index contributed by atoms with van der Waals surface area (Å²) >= 11 is 0. The molecule has 7 heteroatoms. The van der Waals surface area contributed by atoms with E-state index in [1.165, 1.54) is 0 Å². The molecule has 0 radical (unpaired) electrons. The van der Waals surface area contributed by atoms with E-state index in [4.69, 9.17) is 18.3 Å². The number of para-hydroxylation sites is 2. The summed E-state index contributed by atoms with van der Waals surface area (Å²) in [5.41, 5.74) is 1.05. The SMILES string of the molecule is Cc1cc(CNc2nnc([C@H]3COc4ccccc4O3)o2)c(C)o1. The van der Waals surface area contributed by atoms with Crippen LogP contribution in [0.15, 0.2) is 39.2 Å². The maximum atomic E-state index is 5.85. The first-order valence-electron chi connectivity index (χ1n) is 7.71. The highest BCUT2D eigenvalue weighted by Crippen LogP contribution is 2.35. The van der Waals surface area contributed by atoms with Crippen molar-refractivity contribution in [2.75, 3.05) is 11.9 Å². The minimum absolute atomic E-state index is 0.332. The molecule has 2 aromatic heterocycles. The number of nitrogens with zero attached hydrogens (tertiary/aromatic N) is 2. The van der Waals surface area contributed by atoms with Gasteiger partial charge in [-0.1, -0.05) is 17.2 Å². The Morgan fingerprint density at radius 1 is 1.12 bits per heavy atom. The normalized spacial score (nSPS) is 16.2. The number of hydrogen-bond acceptors (Lipinski definition) is 7. The zero-order valence-electron chi connectivity index (χ0n) is 13.4. The Bertz CT molecular complexity index is 855. The van der Waals surface area contributed by atoms with Gasteiger partial charge in [-0.15, -0.1) is 5.10 Å². The minimum atomic E-state index is -0.416. The number of aromatic nitrogens is 2. The number of rotatable bonds is 4. The number of ether oxygens (including phenoxy) is 2. The van der Waals surface area contributed by atoms with Crippen LogP contribution in [0.5, 0.6) is 11.5 Å². The Morgan fingerprint density at radius 2 is 1.96 bits per heavy atom. The first-order chi connectivity index (χ1) is 11.7. The van der Waals surface area contributed by atoms with E-state index in [0.717, 1.165) is 22.8 Å². The average molecular weight is 327 g/mol. The second-order valence-corrected chi connectivity index (χ2v) is 5.60. The van der Waals surface area contributed by atoms with Crippen molar-refractivity contribution >= 4 is 6.01 Å². The predicted molar refractivity (Wildman–Crippen MR) is 85.1 cm³/mol. The van der Waals surface area contributed by atoms with Crippen molar-refractivity contribution in [3.05, 3.63) is 53.3 Å². The lowest BCUT2D eigenvalue weighted by molar-refractivity contribution is 0.0717. The Labute approximate surface area is 138 Å². The number of hydrogen-bond donors (Lipinski definition) is 1. The summed E-state index contributed by atoms with van der Waals surface area (Å²) in [6.45, 7) is 4.72. The molecule has 1 aliphatic heterocycles. The molecular weight excluding hydrogens is 310 g/mol. The van der Waals surface area contributed by atoms with Crippen molar-refractivity contribution in [1.82, 2.24) is 10.2 Å². The Kier molecular flexibility index (Phi) is 3.60. The molecule has 0 aliphatic carbocycles. The predicted octanol–water partition coefficient (Wildman–Crippen LogP) is 3.40. The largest absolute Gasteiger partial charge is 0.485 e. The molecule has 1 aliphatic rings. The number of aryl methyl sites for hydroxylation is 2. The number of fused-ring (bicyclic) bond motifs is 1. The molecule has 4 rings (SSSR count). The molecule has 1 atom stereocenters. The number of nitrogens with one attached hydrogen (secondary N) is 1. The van der Waals surface area contributed by atoms with E-state index in [9.17, 15) is 0 Å². The quantitative estimate of drug-likeness (QED) is 0.786. The maximum absolute atomic E-state index is 5.85. The molecule has 3 heterocycles. The van der Waals surface area contributed by atoms with Gasteiger partial charge in [-0.2, -0.15) is 0 Å². The van der Waals surface area contributed by atoms with Crippen molar-refractivity contribution in [2.24, 2.45) is 0 Å². The van der Waals surface area contributed by atoms with Gasteiger partial charge in [-0.3, -0.25) is 0 Å². The van der Waals surface area contributed by atoms with E-state index < -0.39 is 6.10 Å². The monoisotopic (exact) mass is 327 g/mol. The third-order valence-corrected chi connectivity index (χ3v) is 3.80. The highest BCUT2D eigenvalue weighted by Gasteiger charge is 2.27. The van der Waals surface area contributed by atoms with Gasteiger partial charge in [0.15, 0.2) is 11.5 Å². The van der Waals surface area contributed by atoms with Gasteiger partial charge in [-0.05, 0) is 32.0 Å². The van der Waals surface area contributed by atoms with Crippen molar-refractivity contribution < 1.29 is 18.3 Å². The van der Waals surface area contributed by atoms with E-state index in [2.05, 4.69) is 15.5 Å². The molecule has 0 saturated carbocycles. The molecule has 0 bridgehead atoms. The summed E-state index contributed by atoms with van der Waals surface area (Å²) in [5, 5.41) is 11.1. The van der Waals surface area contributed by atoms with Gasteiger partial charge in [0, 0.05) is 12.1 Å². The second kappa shape index (κ2) is 5.92. The van der Waals surface area contributed by atoms with Crippen LogP contribution in [0.25, 0.3) is 0 Å². The van der Waals surface area contributed by atoms with E-state index >= 15 is 0 Å². The van der Waals surface area contributed by atoms with Crippen molar-refractivity contribution in [1.29, 1.82) is 0 Å². The highest BCUT2D eigenvalue weighted by atomic mass is 16.6. The number of benzene rings is 1. The van der Waals surface area contributed by atoms with Gasteiger partial charge in [0.2, 0.25) is 6.10 Å². The van der Waals surface area contributed by atoms with Crippen LogP contribution in [0.3, 0.4) is 0 Å². The molecule has 1 aromatic carbocycles. The van der Waals surface area contributed by atoms with E-state index in [0.29, 0.717) is 30.8 Å². The van der Waals surface area contributed by atoms with Crippen LogP contribution < -0.4 is 14.8 Å². The topological polar surface area (TPSA) is 82.6 Å². The van der Waals surface area contributed by atoms with Crippen LogP contribution in [-0.2, 0) is 6.54 Å². The summed E-state index contributed by atoms with van der Waals surface area (Å²) < 4.78 is 22.6. The summed E-state index contributed by atoms with van der Waals surface area (Å²) in [7, 11) is 0. The lowest BCUT2D eigenvalue weighted by Crippen LogP contribution is -2.21. The lowest BCUT2D eigenvalue weighted by Gasteiger charge is -2.23. The molecule has 7 nitrogen and oxygen atoms in total. The maximum Gasteiger partial charge on any atom is 0.315 e. The highest BCUT2D eigenvalue weighted by molar-refractivity contribution is 5.41. The number of furan rings is 1. The molecule has 0 amide bonds. The molecule has 3 aromatic rings. The Balaban J connectivity index is 1.43. The molecule has 0 unspecified atom stereocenters. The van der Waals surface area contributed by atoms with Gasteiger partial charge in [-0.25, -0.2) is 0 Å². The van der Waals surface area contributed by atoms with Crippen molar-refractivity contribution in [2.45, 2.75) is 26.5 Å². The Morgan fingerprint density at radius 3 is 2.75 bits per heavy atom. The molecular formula is C17H17N3O4. The zero-order chi connectivity index (χ0) is 16.5. The van der Waals surface area contributed by atoms with Gasteiger partial charge in [0.1, 0.15) is 18.1 Å². The molecule has 0 saturated heterocycles. The van der Waals surface area contributed by atoms with E-state index in [-0.39, 0.29) is 0 Å². The third-order valence-electron chi connectivity index (χ3n) is 3.80. The van der Waals surface area contributed by atoms with E-state index in [1.807, 2.05) is 44.2 Å². The smallest absolute Gasteiger partial charge is 0.315 e. The fourth-order valence-corrected chi connectivity index (χ4v) is 2.61. The molecule has 1 N–H and O–H groups in total. The van der Waals surface area contributed by atoms with Gasteiger partial charge >= 0.3 is 6.01 Å². The van der Waals surface area contributed by atoms with Crippen LogP contribution >= 0.6 is 0 Å². The molecule has 0 fully saturated rings. The van der Waals surface area contributed by atoms with Crippen LogP contribution in [0, 0.1) is 13.8 Å². The Hall–Kier alpha value is -2.96. The fraction of sp³-hybridized carbons (Fsp3) is 0.294. The van der Waals surface area contributed by atoms with Crippen LogP contribution in [0.4, 0.5) is 6.01 Å². The van der Waals surface area contributed by atoms with E-state index in [1.54, 1.807) is 0 Å². The second-order valence-electron chi connectivity index (χ2n) is 5.60. The van der Waals surface area contributed by atoms with Gasteiger partial charge in [0.25, 0.3) is 5.89 Å². The van der Waals surface area contributed by atoms with Crippen molar-refractivity contribution in [3.8, 4) is 11.5 Å². The summed E-state index contributed by atoms with van der Waals surface area (Å²) in [5.74, 6) is 3.53. The molecule has 24 heavy (non-hydrogen) atoms. The van der Waals surface area contributed by atoms with Crippen LogP contribution in [0.1, 0.15) is 29.1 Å². The average Bonchev–Trinajstić information content (AvgIpc) is 3.18. The molecule has 0 spiro atoms. The van der Waals surface area contributed by atoms with Gasteiger partial charge in [0.05, 0.1) is 0 Å². The fourth-order valence-electron chi connectivity index (χ4n) is 2.61. The minimum Gasteiger partial charge on any atom is -0.485 e. The van der Waals surface area contributed by atoms with Crippen LogP contribution in [-0.4, -0.2) is 16.8 Å². The summed E-state index contributed by atoms with van der Waals surface area (Å²) in [4.78, 5) is 0. The molecule has 124 valence electrons. The standard InChI is InChI=1S/C17H17N3O4/c1-10-7-12(11(2)22-10)8-18-17-20-19-16(24-17)15-9-21-13-5-3-4-6-14(13)23-15/h3-7,15H,8-9H2,1-2H3,(H,18,20)/t15-/m1/s1. The summed E-state index contributed by atoms with van der Waals surface area (Å²) in [6, 6.07) is 9.82. The first kappa shape index (κ1) is 14.6. The summed E-state index contributed by atoms with van der Waals surface area (Å²) in [6.07, 6.45) is -0.416. The lowest BCUT2D eigenvalue weighted by atomic mass is 10.2. The number of anilines is 1. The van der Waals surface area contributed by atoms with Crippen molar-refractivity contribution in [3.63, 3.8) is 0 Å².